The number of thiazole rings is 1. The van der Waals surface area contributed by atoms with E-state index in [4.69, 9.17) is 4.74 Å². The van der Waals surface area contributed by atoms with Crippen LogP contribution in [-0.2, 0) is 11.4 Å². The van der Waals surface area contributed by atoms with Crippen molar-refractivity contribution in [3.05, 3.63) is 45.9 Å². The van der Waals surface area contributed by atoms with Gasteiger partial charge in [-0.15, -0.1) is 11.3 Å². The zero-order valence-electron chi connectivity index (χ0n) is 14.2. The van der Waals surface area contributed by atoms with Crippen molar-refractivity contribution in [2.45, 2.75) is 38.8 Å². The molecular weight excluding hydrogens is 340 g/mol. The second-order valence-corrected chi connectivity index (χ2v) is 7.38. The molecule has 2 aromatic rings. The van der Waals surface area contributed by atoms with Crippen molar-refractivity contribution in [2.75, 3.05) is 6.54 Å². The minimum absolute atomic E-state index is 0.280. The van der Waals surface area contributed by atoms with Crippen molar-refractivity contribution in [1.82, 2.24) is 9.88 Å². The van der Waals surface area contributed by atoms with Crippen molar-refractivity contribution in [3.63, 3.8) is 0 Å². The number of aromatic nitrogens is 1. The SMILES string of the molecule is Cc1nc(COc2cccc(C(=O)N3CCCC3(C)C(=O)O)c2)cs1. The molecule has 1 aliphatic heterocycles. The van der Waals surface area contributed by atoms with Gasteiger partial charge in [0, 0.05) is 17.5 Å². The minimum atomic E-state index is -1.15. The van der Waals surface area contributed by atoms with Gasteiger partial charge in [0.05, 0.1) is 10.7 Å². The standard InChI is InChI=1S/C18H20N2O4S/c1-12-19-14(11-25-12)10-24-15-6-3-5-13(9-15)16(21)20-8-4-7-18(20,2)17(22)23/h3,5-6,9,11H,4,7-8,10H2,1-2H3,(H,22,23). The molecule has 1 N–H and O–H groups in total. The van der Waals surface area contributed by atoms with Gasteiger partial charge >= 0.3 is 5.97 Å². The fourth-order valence-corrected chi connectivity index (χ4v) is 3.62. The van der Waals surface area contributed by atoms with Gasteiger partial charge in [0.15, 0.2) is 0 Å². The van der Waals surface area contributed by atoms with E-state index in [1.165, 1.54) is 4.90 Å². The van der Waals surface area contributed by atoms with E-state index < -0.39 is 11.5 Å². The molecule has 132 valence electrons. The van der Waals surface area contributed by atoms with Crippen LogP contribution < -0.4 is 4.74 Å². The van der Waals surface area contributed by atoms with Crippen molar-refractivity contribution in [2.24, 2.45) is 0 Å². The van der Waals surface area contributed by atoms with Crippen molar-refractivity contribution >= 4 is 23.2 Å². The number of nitrogens with zero attached hydrogens (tertiary/aromatic N) is 2. The molecule has 0 spiro atoms. The monoisotopic (exact) mass is 360 g/mol. The summed E-state index contributed by atoms with van der Waals surface area (Å²) < 4.78 is 5.72. The molecule has 0 bridgehead atoms. The number of carbonyl (C=O) groups excluding carboxylic acids is 1. The Hall–Kier alpha value is -2.41. The van der Waals surface area contributed by atoms with Gasteiger partial charge in [-0.3, -0.25) is 4.79 Å². The van der Waals surface area contributed by atoms with Crippen molar-refractivity contribution in [3.8, 4) is 5.75 Å². The second kappa shape index (κ2) is 6.84. The average Bonchev–Trinajstić information content (AvgIpc) is 3.19. The predicted octanol–water partition coefficient (Wildman–Crippen LogP) is 3.11. The third-order valence-electron chi connectivity index (χ3n) is 4.48. The Morgan fingerprint density at radius 1 is 1.44 bits per heavy atom. The molecule has 1 aliphatic rings. The summed E-state index contributed by atoms with van der Waals surface area (Å²) in [6.45, 7) is 4.32. The number of hydrogen-bond donors (Lipinski definition) is 1. The summed E-state index contributed by atoms with van der Waals surface area (Å²) in [6.07, 6.45) is 1.15. The molecule has 7 heteroatoms. The molecule has 0 aliphatic carbocycles. The number of likely N-dealkylation sites (tertiary alicyclic amines) is 1. The highest BCUT2D eigenvalue weighted by molar-refractivity contribution is 7.09. The van der Waals surface area contributed by atoms with Crippen LogP contribution in [0.2, 0.25) is 0 Å². The van der Waals surface area contributed by atoms with E-state index in [0.717, 1.165) is 10.7 Å². The number of carboxylic acids is 1. The number of ether oxygens (including phenoxy) is 1. The summed E-state index contributed by atoms with van der Waals surface area (Å²) >= 11 is 1.56. The van der Waals surface area contributed by atoms with E-state index in [-0.39, 0.29) is 5.91 Å². The lowest BCUT2D eigenvalue weighted by Crippen LogP contribution is -2.50. The molecule has 1 fully saturated rings. The Balaban J connectivity index is 1.74. The highest BCUT2D eigenvalue weighted by atomic mass is 32.1. The number of aryl methyl sites for hydroxylation is 1. The van der Waals surface area contributed by atoms with Gasteiger partial charge in [-0.05, 0) is 44.9 Å². The topological polar surface area (TPSA) is 79.7 Å². The molecule has 1 saturated heterocycles. The summed E-state index contributed by atoms with van der Waals surface area (Å²) in [5.41, 5.74) is 0.130. The van der Waals surface area contributed by atoms with Crippen LogP contribution in [-0.4, -0.2) is 39.0 Å². The molecule has 1 atom stereocenters. The third-order valence-corrected chi connectivity index (χ3v) is 5.30. The molecule has 0 radical (unpaired) electrons. The normalized spacial score (nSPS) is 19.8. The zero-order chi connectivity index (χ0) is 18.0. The van der Waals surface area contributed by atoms with Gasteiger partial charge in [-0.2, -0.15) is 0 Å². The van der Waals surface area contributed by atoms with Gasteiger partial charge in [0.25, 0.3) is 5.91 Å². The fraction of sp³-hybridized carbons (Fsp3) is 0.389. The summed E-state index contributed by atoms with van der Waals surface area (Å²) in [6, 6.07) is 6.85. The van der Waals surface area contributed by atoms with Crippen LogP contribution in [0.1, 0.15) is 40.8 Å². The van der Waals surface area contributed by atoms with Gasteiger partial charge in [-0.1, -0.05) is 6.07 Å². The number of rotatable bonds is 5. The van der Waals surface area contributed by atoms with Crippen LogP contribution >= 0.6 is 11.3 Å². The van der Waals surface area contributed by atoms with Crippen LogP contribution in [0.15, 0.2) is 29.6 Å². The maximum atomic E-state index is 12.8. The Morgan fingerprint density at radius 3 is 2.92 bits per heavy atom. The van der Waals surface area contributed by atoms with Crippen LogP contribution in [0.5, 0.6) is 5.75 Å². The lowest BCUT2D eigenvalue weighted by Gasteiger charge is -2.31. The van der Waals surface area contributed by atoms with E-state index in [9.17, 15) is 14.7 Å². The number of carbonyl (C=O) groups is 2. The van der Waals surface area contributed by atoms with Crippen molar-refractivity contribution < 1.29 is 19.4 Å². The molecule has 2 heterocycles. The minimum Gasteiger partial charge on any atom is -0.487 e. The first kappa shape index (κ1) is 17.4. The lowest BCUT2D eigenvalue weighted by molar-refractivity contribution is -0.147. The first-order valence-corrected chi connectivity index (χ1v) is 8.97. The fourth-order valence-electron chi connectivity index (χ4n) is 3.02. The maximum absolute atomic E-state index is 12.8. The summed E-state index contributed by atoms with van der Waals surface area (Å²) in [7, 11) is 0. The lowest BCUT2D eigenvalue weighted by atomic mass is 9.98. The summed E-state index contributed by atoms with van der Waals surface area (Å²) in [5, 5.41) is 12.4. The molecule has 1 aromatic carbocycles. The molecule has 3 rings (SSSR count). The third kappa shape index (κ3) is 3.51. The Bertz CT molecular complexity index is 804. The molecule has 1 unspecified atom stereocenters. The van der Waals surface area contributed by atoms with E-state index in [1.54, 1.807) is 42.5 Å². The summed E-state index contributed by atoms with van der Waals surface area (Å²) in [4.78, 5) is 30.1. The molecule has 0 saturated carbocycles. The number of aliphatic carboxylic acids is 1. The first-order chi connectivity index (χ1) is 11.9. The number of carboxylic acid groups (broad SMARTS) is 1. The number of benzene rings is 1. The summed E-state index contributed by atoms with van der Waals surface area (Å²) in [5.74, 6) is -0.685. The smallest absolute Gasteiger partial charge is 0.329 e. The van der Waals surface area contributed by atoms with Gasteiger partial charge in [0.1, 0.15) is 17.9 Å². The van der Waals surface area contributed by atoms with E-state index in [1.807, 2.05) is 12.3 Å². The Kier molecular flexibility index (Phi) is 4.76. The largest absolute Gasteiger partial charge is 0.487 e. The molecular formula is C18H20N2O4S. The molecule has 25 heavy (non-hydrogen) atoms. The maximum Gasteiger partial charge on any atom is 0.329 e. The first-order valence-electron chi connectivity index (χ1n) is 8.09. The zero-order valence-corrected chi connectivity index (χ0v) is 15.0. The van der Waals surface area contributed by atoms with E-state index in [0.29, 0.717) is 37.3 Å². The van der Waals surface area contributed by atoms with Gasteiger partial charge < -0.3 is 14.7 Å². The molecule has 1 aromatic heterocycles. The van der Waals surface area contributed by atoms with E-state index in [2.05, 4.69) is 4.98 Å². The highest BCUT2D eigenvalue weighted by Gasteiger charge is 2.46. The second-order valence-electron chi connectivity index (χ2n) is 6.31. The van der Waals surface area contributed by atoms with Gasteiger partial charge in [-0.25, -0.2) is 9.78 Å². The van der Waals surface area contributed by atoms with E-state index >= 15 is 0 Å². The number of hydrogen-bond acceptors (Lipinski definition) is 5. The van der Waals surface area contributed by atoms with Crippen LogP contribution in [0, 0.1) is 6.92 Å². The quantitative estimate of drug-likeness (QED) is 0.886. The molecule has 1 amide bonds. The predicted molar refractivity (Wildman–Crippen MR) is 93.9 cm³/mol. The number of amides is 1. The van der Waals surface area contributed by atoms with Crippen LogP contribution in [0.3, 0.4) is 0 Å². The Labute approximate surface area is 150 Å². The highest BCUT2D eigenvalue weighted by Crippen LogP contribution is 2.31. The molecule has 6 nitrogen and oxygen atoms in total. The average molecular weight is 360 g/mol. The Morgan fingerprint density at radius 2 is 2.24 bits per heavy atom. The van der Waals surface area contributed by atoms with Crippen LogP contribution in [0.4, 0.5) is 0 Å². The van der Waals surface area contributed by atoms with Crippen molar-refractivity contribution in [1.29, 1.82) is 0 Å². The van der Waals surface area contributed by atoms with Gasteiger partial charge in [0.2, 0.25) is 0 Å². The van der Waals surface area contributed by atoms with Crippen LogP contribution in [0.25, 0.3) is 0 Å².